The Morgan fingerprint density at radius 2 is 2.00 bits per heavy atom. The number of rotatable bonds is 2. The van der Waals surface area contributed by atoms with Gasteiger partial charge in [-0.2, -0.15) is 0 Å². The molecule has 3 heteroatoms. The van der Waals surface area contributed by atoms with Crippen LogP contribution in [0.25, 0.3) is 10.9 Å². The highest BCUT2D eigenvalue weighted by molar-refractivity contribution is 9.10. The van der Waals surface area contributed by atoms with Gasteiger partial charge in [-0.3, -0.25) is 4.98 Å². The van der Waals surface area contributed by atoms with Crippen LogP contribution < -0.4 is 5.32 Å². The Morgan fingerprint density at radius 3 is 2.80 bits per heavy atom. The minimum absolute atomic E-state index is 0.955. The van der Waals surface area contributed by atoms with Crippen LogP contribution in [0.5, 0.6) is 0 Å². The quantitative estimate of drug-likeness (QED) is 0.782. The van der Waals surface area contributed by atoms with E-state index >= 15 is 0 Å². The predicted octanol–water partition coefficient (Wildman–Crippen LogP) is 5.01. The molecule has 0 fully saturated rings. The molecule has 1 aromatic carbocycles. The Morgan fingerprint density at radius 1 is 1.20 bits per heavy atom. The maximum Gasteiger partial charge on any atom is 0.0870 e. The molecule has 0 aliphatic heterocycles. The van der Waals surface area contributed by atoms with Crippen LogP contribution in [0.2, 0.25) is 0 Å². The molecule has 2 aromatic rings. The lowest BCUT2D eigenvalue weighted by Crippen LogP contribution is -2.07. The van der Waals surface area contributed by atoms with Crippen molar-refractivity contribution >= 4 is 32.5 Å². The number of pyridine rings is 1. The Kier molecular flexibility index (Phi) is 3.97. The zero-order chi connectivity index (χ0) is 14.1. The highest BCUT2D eigenvalue weighted by Gasteiger charge is 2.18. The first-order valence-corrected chi connectivity index (χ1v) is 8.36. The second-order valence-corrected chi connectivity index (χ2v) is 6.39. The van der Waals surface area contributed by atoms with Crippen molar-refractivity contribution < 1.29 is 0 Å². The molecule has 20 heavy (non-hydrogen) atoms. The summed E-state index contributed by atoms with van der Waals surface area (Å²) in [7, 11) is 0. The molecule has 0 atom stereocenters. The maximum atomic E-state index is 4.99. The molecule has 1 aliphatic rings. The van der Waals surface area contributed by atoms with Gasteiger partial charge in [0.05, 0.1) is 5.52 Å². The molecule has 2 nitrogen and oxygen atoms in total. The summed E-state index contributed by atoms with van der Waals surface area (Å²) in [5, 5.41) is 4.85. The van der Waals surface area contributed by atoms with E-state index in [0.29, 0.717) is 0 Å². The number of hydrogen-bond acceptors (Lipinski definition) is 2. The first kappa shape index (κ1) is 13.9. The number of fused-ring (bicyclic) bond motifs is 2. The van der Waals surface area contributed by atoms with Crippen LogP contribution in [0.15, 0.2) is 16.6 Å². The third kappa shape index (κ3) is 2.32. The van der Waals surface area contributed by atoms with Gasteiger partial charge in [0.2, 0.25) is 0 Å². The molecule has 1 aromatic heterocycles. The summed E-state index contributed by atoms with van der Waals surface area (Å²) in [5.41, 5.74) is 6.43. The van der Waals surface area contributed by atoms with E-state index in [-0.39, 0.29) is 0 Å². The molecule has 0 spiro atoms. The third-order valence-electron chi connectivity index (χ3n) is 4.17. The van der Waals surface area contributed by atoms with Crippen LogP contribution in [-0.2, 0) is 12.8 Å². The van der Waals surface area contributed by atoms with Gasteiger partial charge < -0.3 is 5.32 Å². The fraction of sp³-hybridized carbons (Fsp3) is 0.471. The van der Waals surface area contributed by atoms with Crippen LogP contribution >= 0.6 is 15.9 Å². The highest BCUT2D eigenvalue weighted by atomic mass is 79.9. The summed E-state index contributed by atoms with van der Waals surface area (Å²) in [6.45, 7) is 5.25. The average molecular weight is 333 g/mol. The maximum absolute atomic E-state index is 4.99. The predicted molar refractivity (Wildman–Crippen MR) is 89.6 cm³/mol. The summed E-state index contributed by atoms with van der Waals surface area (Å²) in [6, 6.07) is 4.39. The normalized spacial score (nSPS) is 14.9. The Balaban J connectivity index is 2.32. The fourth-order valence-corrected chi connectivity index (χ4v) is 3.55. The van der Waals surface area contributed by atoms with Gasteiger partial charge in [0.1, 0.15) is 0 Å². The number of anilines is 1. The van der Waals surface area contributed by atoms with Crippen LogP contribution in [-0.4, -0.2) is 11.5 Å². The lowest BCUT2D eigenvalue weighted by molar-refractivity contribution is 0.709. The van der Waals surface area contributed by atoms with Gasteiger partial charge in [-0.1, -0.05) is 18.6 Å². The van der Waals surface area contributed by atoms with Crippen molar-refractivity contribution in [2.75, 3.05) is 11.9 Å². The second kappa shape index (κ2) is 5.72. The molecule has 1 aliphatic carbocycles. The van der Waals surface area contributed by atoms with Gasteiger partial charge in [-0.25, -0.2) is 0 Å². The van der Waals surface area contributed by atoms with Crippen molar-refractivity contribution in [1.82, 2.24) is 4.98 Å². The summed E-state index contributed by atoms with van der Waals surface area (Å²) in [6.07, 6.45) is 6.14. The topological polar surface area (TPSA) is 24.9 Å². The van der Waals surface area contributed by atoms with Crippen molar-refractivity contribution in [2.45, 2.75) is 46.0 Å². The monoisotopic (exact) mass is 332 g/mol. The van der Waals surface area contributed by atoms with Crippen LogP contribution in [0.3, 0.4) is 0 Å². The third-order valence-corrected chi connectivity index (χ3v) is 5.17. The van der Waals surface area contributed by atoms with Gasteiger partial charge in [-0.05, 0) is 66.6 Å². The molecule has 3 rings (SSSR count). The first-order chi connectivity index (χ1) is 9.72. The van der Waals surface area contributed by atoms with Gasteiger partial charge in [-0.15, -0.1) is 0 Å². The highest BCUT2D eigenvalue weighted by Crippen LogP contribution is 2.36. The van der Waals surface area contributed by atoms with Crippen molar-refractivity contribution in [1.29, 1.82) is 0 Å². The molecule has 0 saturated heterocycles. The minimum atomic E-state index is 0.955. The Bertz CT molecular complexity index is 649. The zero-order valence-electron chi connectivity index (χ0n) is 12.2. The molecule has 1 N–H and O–H groups in total. The molecular weight excluding hydrogens is 312 g/mol. The lowest BCUT2D eigenvalue weighted by atomic mass is 10.0. The number of nitrogens with one attached hydrogen (secondary N) is 1. The van der Waals surface area contributed by atoms with Crippen LogP contribution in [0, 0.1) is 6.92 Å². The summed E-state index contributed by atoms with van der Waals surface area (Å²) in [5.74, 6) is 0. The fourth-order valence-electron chi connectivity index (χ4n) is 3.11. The van der Waals surface area contributed by atoms with E-state index in [4.69, 9.17) is 4.98 Å². The van der Waals surface area contributed by atoms with Crippen LogP contribution in [0.4, 0.5) is 5.69 Å². The van der Waals surface area contributed by atoms with E-state index in [2.05, 4.69) is 47.2 Å². The standard InChI is InChI=1S/C17H21BrN2/c1-3-19-16-12-7-5-4-6-8-14(12)20-17-13(16)10-9-11(2)15(17)18/h9-10H,3-8H2,1-2H3,(H,19,20). The van der Waals surface area contributed by atoms with Gasteiger partial charge >= 0.3 is 0 Å². The molecule has 0 bridgehead atoms. The van der Waals surface area contributed by atoms with E-state index in [1.807, 2.05) is 0 Å². The van der Waals surface area contributed by atoms with E-state index < -0.39 is 0 Å². The van der Waals surface area contributed by atoms with E-state index in [1.165, 1.54) is 47.2 Å². The lowest BCUT2D eigenvalue weighted by Gasteiger charge is -2.17. The smallest absolute Gasteiger partial charge is 0.0870 e. The van der Waals surface area contributed by atoms with Crippen LogP contribution in [0.1, 0.15) is 43.0 Å². The number of aromatic nitrogens is 1. The van der Waals surface area contributed by atoms with Crippen molar-refractivity contribution in [3.05, 3.63) is 33.4 Å². The number of benzene rings is 1. The SMILES string of the molecule is CCNc1c2c(nc3c(Br)c(C)ccc13)CCCCC2. The number of hydrogen-bond donors (Lipinski definition) is 1. The van der Waals surface area contributed by atoms with Crippen molar-refractivity contribution in [2.24, 2.45) is 0 Å². The summed E-state index contributed by atoms with van der Waals surface area (Å²) in [4.78, 5) is 4.99. The van der Waals surface area contributed by atoms with Gasteiger partial charge in [0, 0.05) is 27.8 Å². The minimum Gasteiger partial charge on any atom is -0.384 e. The van der Waals surface area contributed by atoms with E-state index in [9.17, 15) is 0 Å². The molecule has 0 radical (unpaired) electrons. The first-order valence-electron chi connectivity index (χ1n) is 7.56. The summed E-state index contributed by atoms with van der Waals surface area (Å²) < 4.78 is 1.14. The average Bonchev–Trinajstić information content (AvgIpc) is 2.68. The van der Waals surface area contributed by atoms with Crippen molar-refractivity contribution in [3.8, 4) is 0 Å². The molecule has 0 saturated carbocycles. The zero-order valence-corrected chi connectivity index (χ0v) is 13.8. The van der Waals surface area contributed by atoms with E-state index in [1.54, 1.807) is 0 Å². The number of nitrogens with zero attached hydrogens (tertiary/aromatic N) is 1. The van der Waals surface area contributed by atoms with Gasteiger partial charge in [0.15, 0.2) is 0 Å². The Labute approximate surface area is 129 Å². The molecule has 0 unspecified atom stereocenters. The van der Waals surface area contributed by atoms with E-state index in [0.717, 1.165) is 29.4 Å². The molecule has 0 amide bonds. The molecule has 1 heterocycles. The summed E-state index contributed by atoms with van der Waals surface area (Å²) >= 11 is 3.72. The number of aryl methyl sites for hydroxylation is 2. The molecular formula is C17H21BrN2. The van der Waals surface area contributed by atoms with Crippen molar-refractivity contribution in [3.63, 3.8) is 0 Å². The van der Waals surface area contributed by atoms with Gasteiger partial charge in [0.25, 0.3) is 0 Å². The second-order valence-electron chi connectivity index (χ2n) is 5.60. The Hall–Kier alpha value is -1.09. The number of halogens is 1. The largest absolute Gasteiger partial charge is 0.384 e. The molecule has 106 valence electrons.